The number of ether oxygens (including phenoxy) is 6. The van der Waals surface area contributed by atoms with Crippen molar-refractivity contribution in [3.05, 3.63) is 48.0 Å². The first-order valence-corrected chi connectivity index (χ1v) is 40.9. The van der Waals surface area contributed by atoms with E-state index in [1.807, 2.05) is 40.4 Å². The molecule has 0 amide bonds. The highest BCUT2D eigenvalue weighted by atomic mass is 28.3. The number of nitrogens with one attached hydrogen (secondary N) is 1. The molecule has 2 atom stereocenters. The van der Waals surface area contributed by atoms with Crippen LogP contribution < -0.4 is 20.9 Å². The maximum atomic E-state index is 10.4. The Hall–Kier alpha value is -2.94. The van der Waals surface area contributed by atoms with Gasteiger partial charge in [-0.15, -0.1) is 0 Å². The van der Waals surface area contributed by atoms with Gasteiger partial charge in [0.1, 0.15) is 44.3 Å². The number of nitrogens with zero attached hydrogens (tertiary/aromatic N) is 8. The molecule has 4 aromatic rings. The van der Waals surface area contributed by atoms with E-state index in [4.69, 9.17) is 39.1 Å². The van der Waals surface area contributed by atoms with Crippen molar-refractivity contribution in [2.24, 2.45) is 5.73 Å². The van der Waals surface area contributed by atoms with Gasteiger partial charge in [0.05, 0.1) is 37.0 Å². The summed E-state index contributed by atoms with van der Waals surface area (Å²) in [6.07, 6.45) is 6.89. The number of aromatic nitrogens is 6. The van der Waals surface area contributed by atoms with Crippen molar-refractivity contribution in [2.75, 3.05) is 89.6 Å². The van der Waals surface area contributed by atoms with Gasteiger partial charge in [0.25, 0.3) is 0 Å². The molecule has 3 N–H and O–H groups in total. The number of hydrogen-bond donors (Lipinski definition) is 2. The first-order valence-electron chi connectivity index (χ1n) is 26.1. The molecule has 0 bridgehead atoms. The predicted octanol–water partition coefficient (Wildman–Crippen LogP) is 10.2. The smallest absolute Gasteiger partial charge is 0.157 e. The molecule has 2 aliphatic heterocycles. The summed E-state index contributed by atoms with van der Waals surface area (Å²) in [5, 5.41) is 12.8. The molecule has 4 aromatic heterocycles. The van der Waals surface area contributed by atoms with E-state index >= 15 is 0 Å². The van der Waals surface area contributed by atoms with E-state index in [0.29, 0.717) is 64.8 Å². The van der Waals surface area contributed by atoms with Crippen LogP contribution in [0.15, 0.2) is 36.7 Å². The van der Waals surface area contributed by atoms with Gasteiger partial charge in [-0.05, 0) is 50.9 Å². The van der Waals surface area contributed by atoms with Crippen molar-refractivity contribution in [1.29, 1.82) is 0 Å². The Morgan fingerprint density at radius 3 is 1.33 bits per heavy atom. The summed E-state index contributed by atoms with van der Waals surface area (Å²) in [5.74, 6) is 2.19. The topological polar surface area (TPSA) is 177 Å². The average molecular weight is 1080 g/mol. The molecule has 2 unspecified atom stereocenters. The van der Waals surface area contributed by atoms with Gasteiger partial charge in [-0.2, -0.15) is 19.2 Å². The summed E-state index contributed by atoms with van der Waals surface area (Å²) in [5.41, 5.74) is 9.58. The van der Waals surface area contributed by atoms with Crippen molar-refractivity contribution in [3.8, 4) is 0 Å². The van der Waals surface area contributed by atoms with E-state index in [2.05, 4.69) is 122 Å². The lowest BCUT2D eigenvalue weighted by molar-refractivity contribution is -0.124. The molecule has 2 fully saturated rings. The van der Waals surface area contributed by atoms with Crippen LogP contribution in [0.3, 0.4) is 0 Å². The minimum absolute atomic E-state index is 0. The van der Waals surface area contributed by atoms with Crippen molar-refractivity contribution in [1.82, 2.24) is 34.5 Å². The molecular formula is C51H98N10O7Si4. The van der Waals surface area contributed by atoms with Crippen LogP contribution in [0, 0.1) is 0 Å². The molecule has 72 heavy (non-hydrogen) atoms. The number of rotatable bonds is 26. The third kappa shape index (κ3) is 24.6. The SMILES string of the molecule is C.CC(N)c1cc(N(COCC[Si](C)(C)C)COCC[Si](C)(C)C)n2nccc2n1.CC(NC1CCOCC1)c1cc(N(COCC[Si](C)(C)C)COCC[Si](C)(C)C)n2nccc2n1.O=C1CCOCC1. The number of anilines is 2. The van der Waals surface area contributed by atoms with Gasteiger partial charge in [0, 0.05) is 127 Å². The second-order valence-corrected chi connectivity index (χ2v) is 46.5. The molecule has 0 spiro atoms. The largest absolute Gasteiger partial charge is 0.381 e. The zero-order valence-electron chi connectivity index (χ0n) is 46.4. The third-order valence-corrected chi connectivity index (χ3v) is 18.8. The fourth-order valence-corrected chi connectivity index (χ4v) is 10.2. The Labute approximate surface area is 438 Å². The molecular weight excluding hydrogens is 977 g/mol. The number of ketones is 1. The zero-order chi connectivity index (χ0) is 52.2. The standard InChI is InChI=1S/C25H47N5O3Si2.C20H39N5O2Si2.C5H8O2.CH4/c1-21(27-22-9-12-31-13-10-22)23-18-25(30-24(28-23)8-11-26-30)29(19-32-14-16-34(2,3)4)20-33-15-17-35(5,6)7;1-17(21)18-14-20(25-19(23-18)8-9-22-25)24(15-26-10-12-28(2,3)4)16-27-11-13-29(5,6)7;6-5-1-3-7-4-2-5;/h8,11,18,21-22,27H,9-10,12-17,19-20H2,1-7H3;8-9,14,17H,10-13,15-16,21H2,1-7H3;1-4H2;1H4. The van der Waals surface area contributed by atoms with E-state index in [-0.39, 0.29) is 19.5 Å². The number of hydrogen-bond acceptors (Lipinski definition) is 15. The Bertz CT molecular complexity index is 2100. The Morgan fingerprint density at radius 1 is 0.625 bits per heavy atom. The molecule has 17 nitrogen and oxygen atoms in total. The third-order valence-electron chi connectivity index (χ3n) is 12.0. The maximum Gasteiger partial charge on any atom is 0.157 e. The number of fused-ring (bicyclic) bond motifs is 2. The molecule has 410 valence electrons. The Morgan fingerprint density at radius 2 is 0.986 bits per heavy atom. The number of carbonyl (C=O) groups is 1. The van der Waals surface area contributed by atoms with E-state index < -0.39 is 32.3 Å². The van der Waals surface area contributed by atoms with Gasteiger partial charge in [-0.25, -0.2) is 9.97 Å². The Kier molecular flexibility index (Phi) is 26.9. The second-order valence-electron chi connectivity index (χ2n) is 24.0. The van der Waals surface area contributed by atoms with Crippen LogP contribution in [0.5, 0.6) is 0 Å². The van der Waals surface area contributed by atoms with Crippen LogP contribution in [0.2, 0.25) is 103 Å². The summed E-state index contributed by atoms with van der Waals surface area (Å²) in [4.78, 5) is 24.1. The van der Waals surface area contributed by atoms with E-state index in [9.17, 15) is 4.79 Å². The lowest BCUT2D eigenvalue weighted by atomic mass is 10.1. The van der Waals surface area contributed by atoms with Crippen LogP contribution in [-0.2, 0) is 33.2 Å². The highest BCUT2D eigenvalue weighted by molar-refractivity contribution is 6.77. The fourth-order valence-electron chi connectivity index (χ4n) is 7.19. The van der Waals surface area contributed by atoms with Gasteiger partial charge in [-0.1, -0.05) is 86.0 Å². The van der Waals surface area contributed by atoms with Crippen LogP contribution in [0.4, 0.5) is 11.6 Å². The van der Waals surface area contributed by atoms with Gasteiger partial charge in [-0.3, -0.25) is 4.79 Å². The summed E-state index contributed by atoms with van der Waals surface area (Å²) in [6.45, 7) is 40.4. The molecule has 6 heterocycles. The fraction of sp³-hybridized carbons (Fsp3) is 0.745. The molecule has 0 radical (unpaired) electrons. The van der Waals surface area contributed by atoms with Gasteiger partial charge < -0.3 is 49.3 Å². The Balaban J connectivity index is 0.000000334. The van der Waals surface area contributed by atoms with E-state index in [1.165, 1.54) is 0 Å². The molecule has 0 aromatic carbocycles. The van der Waals surface area contributed by atoms with Crippen LogP contribution in [0.1, 0.15) is 70.4 Å². The minimum atomic E-state index is -1.15. The molecule has 0 aliphatic carbocycles. The number of nitrogens with two attached hydrogens (primary N) is 1. The highest BCUT2D eigenvalue weighted by Gasteiger charge is 2.23. The van der Waals surface area contributed by atoms with E-state index in [1.54, 1.807) is 6.20 Å². The summed E-state index contributed by atoms with van der Waals surface area (Å²) in [6, 6.07) is 13.0. The van der Waals surface area contributed by atoms with Crippen molar-refractivity contribution in [2.45, 2.75) is 168 Å². The first-order chi connectivity index (χ1) is 33.4. The molecule has 0 saturated carbocycles. The average Bonchev–Trinajstić information content (AvgIpc) is 3.98. The molecule has 2 saturated heterocycles. The minimum Gasteiger partial charge on any atom is -0.381 e. The van der Waals surface area contributed by atoms with Crippen LogP contribution in [-0.4, -0.2) is 153 Å². The van der Waals surface area contributed by atoms with Crippen molar-refractivity contribution >= 4 is 61.0 Å². The highest BCUT2D eigenvalue weighted by Crippen LogP contribution is 2.25. The van der Waals surface area contributed by atoms with Gasteiger partial charge >= 0.3 is 0 Å². The van der Waals surface area contributed by atoms with Crippen LogP contribution in [0.25, 0.3) is 11.3 Å². The van der Waals surface area contributed by atoms with Crippen molar-refractivity contribution < 1.29 is 33.2 Å². The molecule has 21 heteroatoms. The quantitative estimate of drug-likeness (QED) is 0.0345. The normalized spacial score (nSPS) is 15.8. The number of carbonyl (C=O) groups excluding carboxylic acids is 1. The summed E-state index contributed by atoms with van der Waals surface area (Å²) in [7, 11) is -4.57. The zero-order valence-corrected chi connectivity index (χ0v) is 50.4. The lowest BCUT2D eigenvalue weighted by Gasteiger charge is -2.29. The molecule has 2 aliphatic rings. The predicted molar refractivity (Wildman–Crippen MR) is 307 cm³/mol. The second kappa shape index (κ2) is 30.6. The van der Waals surface area contributed by atoms with Crippen LogP contribution >= 0.6 is 0 Å². The van der Waals surface area contributed by atoms with E-state index in [0.717, 1.165) is 111 Å². The summed E-state index contributed by atoms with van der Waals surface area (Å²) >= 11 is 0. The lowest BCUT2D eigenvalue weighted by Crippen LogP contribution is -2.37. The molecule has 6 rings (SSSR count). The van der Waals surface area contributed by atoms with Gasteiger partial charge in [0.2, 0.25) is 0 Å². The van der Waals surface area contributed by atoms with Crippen molar-refractivity contribution in [3.63, 3.8) is 0 Å². The van der Waals surface area contributed by atoms with Gasteiger partial charge in [0.15, 0.2) is 11.3 Å². The monoisotopic (exact) mass is 1070 g/mol. The maximum absolute atomic E-state index is 10.4. The number of Topliss-reactive ketones (excluding diaryl/α,β-unsaturated/α-hetero) is 1. The first kappa shape index (κ1) is 63.3. The summed E-state index contributed by atoms with van der Waals surface area (Å²) < 4.78 is 38.6.